The average molecular weight is 308 g/mol. The van der Waals surface area contributed by atoms with Crippen molar-refractivity contribution >= 4 is 11.3 Å². The number of thiazole rings is 1. The second-order valence-corrected chi connectivity index (χ2v) is 7.44. The molecule has 21 heavy (non-hydrogen) atoms. The van der Waals surface area contributed by atoms with E-state index >= 15 is 0 Å². The van der Waals surface area contributed by atoms with Crippen LogP contribution in [0.5, 0.6) is 0 Å². The topological polar surface area (TPSA) is 45.4 Å². The minimum atomic E-state index is 0.703. The molecule has 0 amide bonds. The first-order valence-corrected chi connectivity index (χ1v) is 9.29. The molecule has 0 spiro atoms. The molecule has 2 N–H and O–H groups in total. The van der Waals surface area contributed by atoms with Gasteiger partial charge >= 0.3 is 0 Å². The third kappa shape index (κ3) is 4.49. The number of piperidine rings is 1. The van der Waals surface area contributed by atoms with Gasteiger partial charge in [0.15, 0.2) is 0 Å². The number of nitrogens with two attached hydrogens (primary N) is 1. The molecular formula is C16H28N4S. The molecule has 118 valence electrons. The molecule has 3 heterocycles. The Morgan fingerprint density at radius 3 is 2.62 bits per heavy atom. The molecular weight excluding hydrogens is 280 g/mol. The highest BCUT2D eigenvalue weighted by Gasteiger charge is 2.23. The van der Waals surface area contributed by atoms with Gasteiger partial charge in [-0.05, 0) is 64.3 Å². The number of hydrogen-bond donors (Lipinski definition) is 1. The Hall–Kier alpha value is -0.490. The SMILES string of the molecule is NCCc1nc(CN2CCC(CN3CCCC3)CC2)cs1. The highest BCUT2D eigenvalue weighted by molar-refractivity contribution is 7.09. The number of hydrogen-bond acceptors (Lipinski definition) is 5. The monoisotopic (exact) mass is 308 g/mol. The maximum Gasteiger partial charge on any atom is 0.0941 e. The zero-order valence-electron chi connectivity index (χ0n) is 13.0. The van der Waals surface area contributed by atoms with Crippen LogP contribution in [0.25, 0.3) is 0 Å². The molecule has 0 saturated carbocycles. The molecule has 0 bridgehead atoms. The molecule has 2 aliphatic heterocycles. The van der Waals surface area contributed by atoms with E-state index in [0.717, 1.165) is 18.9 Å². The van der Waals surface area contributed by atoms with Crippen LogP contribution in [0.4, 0.5) is 0 Å². The zero-order chi connectivity index (χ0) is 14.5. The molecule has 4 nitrogen and oxygen atoms in total. The maximum absolute atomic E-state index is 5.59. The first-order valence-electron chi connectivity index (χ1n) is 8.41. The number of rotatable bonds is 6. The van der Waals surface area contributed by atoms with Crippen molar-refractivity contribution in [1.82, 2.24) is 14.8 Å². The maximum atomic E-state index is 5.59. The fourth-order valence-corrected chi connectivity index (χ4v) is 4.35. The Kier molecular flexibility index (Phi) is 5.63. The molecule has 0 unspecified atom stereocenters. The van der Waals surface area contributed by atoms with E-state index in [1.165, 1.54) is 69.1 Å². The van der Waals surface area contributed by atoms with Crippen LogP contribution >= 0.6 is 11.3 Å². The van der Waals surface area contributed by atoms with Gasteiger partial charge in [-0.3, -0.25) is 4.90 Å². The minimum absolute atomic E-state index is 0.703. The van der Waals surface area contributed by atoms with Crippen molar-refractivity contribution in [3.63, 3.8) is 0 Å². The lowest BCUT2D eigenvalue weighted by Gasteiger charge is -2.33. The third-order valence-corrected chi connectivity index (χ3v) is 5.72. The summed E-state index contributed by atoms with van der Waals surface area (Å²) in [6.07, 6.45) is 6.46. The normalized spacial score (nSPS) is 22.1. The lowest BCUT2D eigenvalue weighted by molar-refractivity contribution is 0.148. The van der Waals surface area contributed by atoms with Gasteiger partial charge in [-0.25, -0.2) is 4.98 Å². The van der Waals surface area contributed by atoms with Crippen LogP contribution in [-0.2, 0) is 13.0 Å². The fraction of sp³-hybridized carbons (Fsp3) is 0.812. The zero-order valence-corrected chi connectivity index (χ0v) is 13.8. The predicted octanol–water partition coefficient (Wildman–Crippen LogP) is 1.95. The molecule has 5 heteroatoms. The van der Waals surface area contributed by atoms with E-state index in [4.69, 9.17) is 5.73 Å². The standard InChI is InChI=1S/C16H28N4S/c17-6-3-16-18-15(13-21-16)12-20-9-4-14(5-10-20)11-19-7-1-2-8-19/h13-14H,1-12,17H2. The molecule has 3 rings (SSSR count). The predicted molar refractivity (Wildman–Crippen MR) is 88.5 cm³/mol. The summed E-state index contributed by atoms with van der Waals surface area (Å²) in [7, 11) is 0. The fourth-order valence-electron chi connectivity index (χ4n) is 3.55. The Balaban J connectivity index is 1.40. The van der Waals surface area contributed by atoms with Gasteiger partial charge in [0, 0.05) is 24.9 Å². The van der Waals surface area contributed by atoms with Crippen LogP contribution in [0.2, 0.25) is 0 Å². The number of aromatic nitrogens is 1. The highest BCUT2D eigenvalue weighted by atomic mass is 32.1. The van der Waals surface area contributed by atoms with Gasteiger partial charge in [-0.1, -0.05) is 0 Å². The van der Waals surface area contributed by atoms with Crippen molar-refractivity contribution in [1.29, 1.82) is 0 Å². The van der Waals surface area contributed by atoms with Gasteiger partial charge in [-0.2, -0.15) is 0 Å². The van der Waals surface area contributed by atoms with E-state index in [9.17, 15) is 0 Å². The van der Waals surface area contributed by atoms with Crippen LogP contribution in [0.1, 0.15) is 36.4 Å². The van der Waals surface area contributed by atoms with Crippen molar-refractivity contribution in [3.05, 3.63) is 16.1 Å². The first-order chi connectivity index (χ1) is 10.3. The molecule has 0 aliphatic carbocycles. The summed E-state index contributed by atoms with van der Waals surface area (Å²) in [5.74, 6) is 0.919. The summed E-state index contributed by atoms with van der Waals surface area (Å²) < 4.78 is 0. The number of nitrogens with zero attached hydrogens (tertiary/aromatic N) is 3. The van der Waals surface area contributed by atoms with Gasteiger partial charge in [0.2, 0.25) is 0 Å². The molecule has 2 saturated heterocycles. The van der Waals surface area contributed by atoms with Gasteiger partial charge in [0.1, 0.15) is 0 Å². The van der Waals surface area contributed by atoms with Gasteiger partial charge in [0.25, 0.3) is 0 Å². The Morgan fingerprint density at radius 1 is 1.14 bits per heavy atom. The lowest BCUT2D eigenvalue weighted by atomic mass is 9.96. The molecule has 1 aromatic rings. The molecule has 2 aliphatic rings. The number of likely N-dealkylation sites (tertiary alicyclic amines) is 2. The second-order valence-electron chi connectivity index (χ2n) is 6.50. The van der Waals surface area contributed by atoms with Gasteiger partial charge in [-0.15, -0.1) is 11.3 Å². The Morgan fingerprint density at radius 2 is 1.90 bits per heavy atom. The van der Waals surface area contributed by atoms with Crippen LogP contribution in [0.3, 0.4) is 0 Å². The van der Waals surface area contributed by atoms with Crippen LogP contribution < -0.4 is 5.73 Å². The summed E-state index contributed by atoms with van der Waals surface area (Å²) in [5, 5.41) is 3.40. The largest absolute Gasteiger partial charge is 0.330 e. The van der Waals surface area contributed by atoms with E-state index in [1.54, 1.807) is 11.3 Å². The smallest absolute Gasteiger partial charge is 0.0941 e. The second kappa shape index (κ2) is 7.68. The lowest BCUT2D eigenvalue weighted by Crippen LogP contribution is -2.37. The van der Waals surface area contributed by atoms with Crippen LogP contribution in [-0.4, -0.2) is 54.1 Å². The first kappa shape index (κ1) is 15.4. The van der Waals surface area contributed by atoms with E-state index in [1.807, 2.05) is 0 Å². The van der Waals surface area contributed by atoms with Crippen molar-refractivity contribution < 1.29 is 0 Å². The van der Waals surface area contributed by atoms with Crippen molar-refractivity contribution in [3.8, 4) is 0 Å². The average Bonchev–Trinajstić information content (AvgIpc) is 3.14. The Bertz CT molecular complexity index is 420. The van der Waals surface area contributed by atoms with Crippen LogP contribution in [0.15, 0.2) is 5.38 Å². The van der Waals surface area contributed by atoms with E-state index in [0.29, 0.717) is 6.54 Å². The summed E-state index contributed by atoms with van der Waals surface area (Å²) in [6, 6.07) is 0. The van der Waals surface area contributed by atoms with E-state index in [2.05, 4.69) is 20.2 Å². The molecule has 2 fully saturated rings. The van der Waals surface area contributed by atoms with E-state index in [-0.39, 0.29) is 0 Å². The molecule has 1 aromatic heterocycles. The quantitative estimate of drug-likeness (QED) is 0.872. The van der Waals surface area contributed by atoms with Crippen LogP contribution in [0, 0.1) is 5.92 Å². The van der Waals surface area contributed by atoms with Crippen molar-refractivity contribution in [2.24, 2.45) is 11.7 Å². The highest BCUT2D eigenvalue weighted by Crippen LogP contribution is 2.22. The minimum Gasteiger partial charge on any atom is -0.330 e. The van der Waals surface area contributed by atoms with Crippen molar-refractivity contribution in [2.45, 2.75) is 38.6 Å². The molecule has 0 atom stereocenters. The summed E-state index contributed by atoms with van der Waals surface area (Å²) in [4.78, 5) is 9.92. The summed E-state index contributed by atoms with van der Waals surface area (Å²) >= 11 is 1.76. The third-order valence-electron chi connectivity index (χ3n) is 4.77. The van der Waals surface area contributed by atoms with Gasteiger partial charge < -0.3 is 10.6 Å². The molecule has 0 aromatic carbocycles. The summed E-state index contributed by atoms with van der Waals surface area (Å²) in [6.45, 7) is 8.22. The Labute approximate surface area is 132 Å². The summed E-state index contributed by atoms with van der Waals surface area (Å²) in [5.41, 5.74) is 6.83. The van der Waals surface area contributed by atoms with Crippen molar-refractivity contribution in [2.75, 3.05) is 39.3 Å². The van der Waals surface area contributed by atoms with E-state index < -0.39 is 0 Å². The molecule has 0 radical (unpaired) electrons. The van der Waals surface area contributed by atoms with Gasteiger partial charge in [0.05, 0.1) is 10.7 Å².